The van der Waals surface area contributed by atoms with E-state index in [9.17, 15) is 0 Å². The molecule has 1 saturated carbocycles. The summed E-state index contributed by atoms with van der Waals surface area (Å²) in [6.45, 7) is 10.8. The van der Waals surface area contributed by atoms with Gasteiger partial charge in [0.25, 0.3) is 0 Å². The maximum Gasteiger partial charge on any atom is 0.0524 e. The maximum absolute atomic E-state index is 5.80. The third kappa shape index (κ3) is 1.88. The van der Waals surface area contributed by atoms with Crippen LogP contribution in [0.15, 0.2) is 12.4 Å². The molecule has 1 aliphatic rings. The first-order valence-electron chi connectivity index (χ1n) is 6.19. The standard InChI is InChI=1S/C13H23N3/c1-9(2)7-16-8-10(6-15-16)12-11(5-14)13(12,3)4/h6,8-9,11-12H,5,7,14H2,1-4H3. The average Bonchev–Trinajstić information content (AvgIpc) is 2.55. The minimum Gasteiger partial charge on any atom is -0.330 e. The fourth-order valence-electron chi connectivity index (χ4n) is 2.86. The van der Waals surface area contributed by atoms with E-state index in [1.807, 2.05) is 6.20 Å². The Labute approximate surface area is 98.0 Å². The van der Waals surface area contributed by atoms with Crippen molar-refractivity contribution in [3.63, 3.8) is 0 Å². The Kier molecular flexibility index (Phi) is 2.82. The van der Waals surface area contributed by atoms with Crippen LogP contribution in [0.4, 0.5) is 0 Å². The smallest absolute Gasteiger partial charge is 0.0524 e. The largest absolute Gasteiger partial charge is 0.330 e. The lowest BCUT2D eigenvalue weighted by atomic mass is 10.1. The molecule has 2 N–H and O–H groups in total. The van der Waals surface area contributed by atoms with Crippen LogP contribution in [0.3, 0.4) is 0 Å². The monoisotopic (exact) mass is 221 g/mol. The van der Waals surface area contributed by atoms with E-state index < -0.39 is 0 Å². The van der Waals surface area contributed by atoms with E-state index in [2.05, 4.69) is 43.7 Å². The summed E-state index contributed by atoms with van der Waals surface area (Å²) in [6, 6.07) is 0. The molecule has 2 atom stereocenters. The minimum absolute atomic E-state index is 0.362. The maximum atomic E-state index is 5.80. The lowest BCUT2D eigenvalue weighted by Crippen LogP contribution is -2.05. The molecule has 0 bridgehead atoms. The van der Waals surface area contributed by atoms with Crippen molar-refractivity contribution in [3.05, 3.63) is 18.0 Å². The Bertz CT molecular complexity index is 365. The van der Waals surface area contributed by atoms with Crippen LogP contribution in [-0.4, -0.2) is 16.3 Å². The Balaban J connectivity index is 2.09. The molecule has 0 spiro atoms. The van der Waals surface area contributed by atoms with Crippen molar-refractivity contribution >= 4 is 0 Å². The highest BCUT2D eigenvalue weighted by atomic mass is 15.3. The Morgan fingerprint density at radius 1 is 1.50 bits per heavy atom. The SMILES string of the molecule is CC(C)Cn1cc(C2C(CN)C2(C)C)cn1. The van der Waals surface area contributed by atoms with Gasteiger partial charge in [-0.3, -0.25) is 4.68 Å². The van der Waals surface area contributed by atoms with Crippen LogP contribution in [0.1, 0.15) is 39.2 Å². The van der Waals surface area contributed by atoms with Gasteiger partial charge in [-0.1, -0.05) is 27.7 Å². The highest BCUT2D eigenvalue weighted by Gasteiger charge is 2.57. The molecule has 2 rings (SSSR count). The van der Waals surface area contributed by atoms with E-state index in [1.54, 1.807) is 0 Å². The van der Waals surface area contributed by atoms with Crippen molar-refractivity contribution in [2.75, 3.05) is 6.54 Å². The lowest BCUT2D eigenvalue weighted by molar-refractivity contribution is 0.482. The zero-order valence-electron chi connectivity index (χ0n) is 10.8. The van der Waals surface area contributed by atoms with Gasteiger partial charge >= 0.3 is 0 Å². The minimum atomic E-state index is 0.362. The molecule has 1 aliphatic carbocycles. The van der Waals surface area contributed by atoms with Crippen molar-refractivity contribution in [3.8, 4) is 0 Å². The second-order valence-electron chi connectivity index (χ2n) is 6.03. The second-order valence-corrected chi connectivity index (χ2v) is 6.03. The molecule has 3 heteroatoms. The molecule has 2 unspecified atom stereocenters. The molecule has 0 saturated heterocycles. The van der Waals surface area contributed by atoms with Gasteiger partial charge in [-0.05, 0) is 35.3 Å². The van der Waals surface area contributed by atoms with Crippen LogP contribution in [0, 0.1) is 17.3 Å². The van der Waals surface area contributed by atoms with E-state index >= 15 is 0 Å². The Morgan fingerprint density at radius 2 is 2.19 bits per heavy atom. The number of rotatable bonds is 4. The average molecular weight is 221 g/mol. The molecular weight excluding hydrogens is 198 g/mol. The van der Waals surface area contributed by atoms with Gasteiger partial charge in [0, 0.05) is 12.7 Å². The molecule has 0 aliphatic heterocycles. The predicted molar refractivity (Wildman–Crippen MR) is 66.1 cm³/mol. The first-order valence-corrected chi connectivity index (χ1v) is 6.19. The number of nitrogens with zero attached hydrogens (tertiary/aromatic N) is 2. The fraction of sp³-hybridized carbons (Fsp3) is 0.769. The van der Waals surface area contributed by atoms with Crippen molar-refractivity contribution in [2.24, 2.45) is 23.0 Å². The first-order chi connectivity index (χ1) is 7.46. The number of hydrogen-bond donors (Lipinski definition) is 1. The van der Waals surface area contributed by atoms with E-state index in [1.165, 1.54) is 5.56 Å². The van der Waals surface area contributed by atoms with Gasteiger partial charge in [-0.15, -0.1) is 0 Å². The van der Waals surface area contributed by atoms with Crippen LogP contribution >= 0.6 is 0 Å². The molecule has 3 nitrogen and oxygen atoms in total. The third-order valence-electron chi connectivity index (χ3n) is 3.87. The van der Waals surface area contributed by atoms with Crippen LogP contribution in [0.25, 0.3) is 0 Å². The van der Waals surface area contributed by atoms with Gasteiger partial charge < -0.3 is 5.73 Å². The van der Waals surface area contributed by atoms with Crippen molar-refractivity contribution in [1.29, 1.82) is 0 Å². The Hall–Kier alpha value is -0.830. The third-order valence-corrected chi connectivity index (χ3v) is 3.87. The summed E-state index contributed by atoms with van der Waals surface area (Å²) < 4.78 is 2.06. The summed E-state index contributed by atoms with van der Waals surface area (Å²) in [5, 5.41) is 4.43. The summed E-state index contributed by atoms with van der Waals surface area (Å²) >= 11 is 0. The molecule has 16 heavy (non-hydrogen) atoms. The Morgan fingerprint density at radius 3 is 2.69 bits per heavy atom. The summed E-state index contributed by atoms with van der Waals surface area (Å²) in [6.07, 6.45) is 4.21. The van der Waals surface area contributed by atoms with Crippen molar-refractivity contribution in [1.82, 2.24) is 9.78 Å². The zero-order chi connectivity index (χ0) is 11.9. The van der Waals surface area contributed by atoms with Gasteiger partial charge in [0.15, 0.2) is 0 Å². The first kappa shape index (κ1) is 11.6. The molecular formula is C13H23N3. The molecule has 1 heterocycles. The van der Waals surface area contributed by atoms with E-state index in [0.717, 1.165) is 13.1 Å². The van der Waals surface area contributed by atoms with Gasteiger partial charge in [0.1, 0.15) is 0 Å². The van der Waals surface area contributed by atoms with Crippen molar-refractivity contribution in [2.45, 2.75) is 40.2 Å². The van der Waals surface area contributed by atoms with Gasteiger partial charge in [0.05, 0.1) is 6.20 Å². The molecule has 0 aromatic carbocycles. The molecule has 1 aromatic heterocycles. The highest BCUT2D eigenvalue weighted by molar-refractivity contribution is 5.28. The second kappa shape index (κ2) is 3.88. The van der Waals surface area contributed by atoms with Crippen molar-refractivity contribution < 1.29 is 0 Å². The quantitative estimate of drug-likeness (QED) is 0.847. The number of aromatic nitrogens is 2. The molecule has 0 amide bonds. The summed E-state index contributed by atoms with van der Waals surface area (Å²) in [4.78, 5) is 0. The van der Waals surface area contributed by atoms with Crippen LogP contribution < -0.4 is 5.73 Å². The fourth-order valence-corrected chi connectivity index (χ4v) is 2.86. The van der Waals surface area contributed by atoms with Crippen LogP contribution in [0.2, 0.25) is 0 Å². The number of nitrogens with two attached hydrogens (primary N) is 1. The zero-order valence-corrected chi connectivity index (χ0v) is 10.8. The van der Waals surface area contributed by atoms with Crippen LogP contribution in [0.5, 0.6) is 0 Å². The number of hydrogen-bond acceptors (Lipinski definition) is 2. The summed E-state index contributed by atoms with van der Waals surface area (Å²) in [5.74, 6) is 1.88. The molecule has 90 valence electrons. The topological polar surface area (TPSA) is 43.8 Å². The highest BCUT2D eigenvalue weighted by Crippen LogP contribution is 2.63. The molecule has 1 fully saturated rings. The van der Waals surface area contributed by atoms with Gasteiger partial charge in [0.2, 0.25) is 0 Å². The summed E-state index contributed by atoms with van der Waals surface area (Å²) in [5.41, 5.74) is 7.52. The molecule has 1 aromatic rings. The predicted octanol–water partition coefficient (Wildman–Crippen LogP) is 2.24. The van der Waals surface area contributed by atoms with E-state index in [0.29, 0.717) is 23.2 Å². The molecule has 0 radical (unpaired) electrons. The van der Waals surface area contributed by atoms with E-state index in [-0.39, 0.29) is 0 Å². The normalized spacial score (nSPS) is 27.4. The van der Waals surface area contributed by atoms with Gasteiger partial charge in [-0.25, -0.2) is 0 Å². The lowest BCUT2D eigenvalue weighted by Gasteiger charge is -2.03. The summed E-state index contributed by atoms with van der Waals surface area (Å²) in [7, 11) is 0. The van der Waals surface area contributed by atoms with Gasteiger partial charge in [-0.2, -0.15) is 5.10 Å². The van der Waals surface area contributed by atoms with Crippen LogP contribution in [-0.2, 0) is 6.54 Å². The van der Waals surface area contributed by atoms with E-state index in [4.69, 9.17) is 5.73 Å².